The second-order valence-electron chi connectivity index (χ2n) is 7.95. The van der Waals surface area contributed by atoms with Crippen LogP contribution in [0, 0.1) is 5.92 Å². The number of hydrogen-bond donors (Lipinski definition) is 0. The van der Waals surface area contributed by atoms with Crippen molar-refractivity contribution >= 4 is 15.6 Å². The fraction of sp³-hybridized carbons (Fsp3) is 0.280. The van der Waals surface area contributed by atoms with Crippen molar-refractivity contribution in [3.05, 3.63) is 84.2 Å². The van der Waals surface area contributed by atoms with E-state index in [1.807, 2.05) is 12.1 Å². The molecule has 0 amide bonds. The Morgan fingerprint density at radius 2 is 1.77 bits per heavy atom. The lowest BCUT2D eigenvalue weighted by atomic mass is 10.0. The summed E-state index contributed by atoms with van der Waals surface area (Å²) >= 11 is 0. The van der Waals surface area contributed by atoms with Gasteiger partial charge in [0.25, 0.3) is 0 Å². The smallest absolute Gasteiger partial charge is 0.206 e. The third-order valence-electron chi connectivity index (χ3n) is 5.35. The Bertz CT molecular complexity index is 1140. The van der Waals surface area contributed by atoms with Gasteiger partial charge < -0.3 is 4.74 Å². The molecule has 0 radical (unpaired) electrons. The lowest BCUT2D eigenvalue weighted by Gasteiger charge is -2.09. The molecule has 1 heterocycles. The predicted molar refractivity (Wildman–Crippen MR) is 118 cm³/mol. The normalized spacial score (nSPS) is 13.7. The number of Topliss-reactive ketones (excluding diaryl/α,β-unsaturated/α-hetero) is 1. The number of hydrogen-bond acceptors (Lipinski definition) is 5. The van der Waals surface area contributed by atoms with Crippen LogP contribution in [0.2, 0.25) is 0 Å². The molecule has 0 bridgehead atoms. The Kier molecular flexibility index (Phi) is 6.47. The van der Waals surface area contributed by atoms with Crippen molar-refractivity contribution in [2.75, 3.05) is 6.61 Å². The summed E-state index contributed by atoms with van der Waals surface area (Å²) in [5, 5.41) is 0. The van der Waals surface area contributed by atoms with Crippen LogP contribution in [0.3, 0.4) is 0 Å². The van der Waals surface area contributed by atoms with Gasteiger partial charge in [0.2, 0.25) is 9.84 Å². The van der Waals surface area contributed by atoms with Crippen molar-refractivity contribution < 1.29 is 17.9 Å². The number of carbonyl (C=O) groups excluding carboxylic acids is 1. The molecule has 1 fully saturated rings. The van der Waals surface area contributed by atoms with Gasteiger partial charge in [0, 0.05) is 25.2 Å². The minimum atomic E-state index is -3.65. The maximum Gasteiger partial charge on any atom is 0.206 e. The first-order chi connectivity index (χ1) is 15.0. The summed E-state index contributed by atoms with van der Waals surface area (Å²) in [5.41, 5.74) is 1.83. The highest BCUT2D eigenvalue weighted by molar-refractivity contribution is 7.91. The molecule has 6 heteroatoms. The molecule has 5 nitrogen and oxygen atoms in total. The third-order valence-corrected chi connectivity index (χ3v) is 7.12. The summed E-state index contributed by atoms with van der Waals surface area (Å²) in [4.78, 5) is 16.8. The van der Waals surface area contributed by atoms with E-state index < -0.39 is 9.84 Å². The van der Waals surface area contributed by atoms with Gasteiger partial charge in [0.1, 0.15) is 11.5 Å². The molecule has 1 aliphatic rings. The van der Waals surface area contributed by atoms with Crippen LogP contribution in [-0.4, -0.2) is 25.8 Å². The molecule has 0 N–H and O–H groups in total. The van der Waals surface area contributed by atoms with Crippen molar-refractivity contribution in [2.24, 2.45) is 5.92 Å². The lowest BCUT2D eigenvalue weighted by molar-refractivity contribution is -0.118. The van der Waals surface area contributed by atoms with Gasteiger partial charge >= 0.3 is 0 Å². The Morgan fingerprint density at radius 1 is 0.968 bits per heavy atom. The highest BCUT2D eigenvalue weighted by atomic mass is 32.2. The van der Waals surface area contributed by atoms with Gasteiger partial charge in [-0.15, -0.1) is 0 Å². The van der Waals surface area contributed by atoms with Crippen LogP contribution in [0.5, 0.6) is 5.75 Å². The van der Waals surface area contributed by atoms with E-state index in [-0.39, 0.29) is 22.0 Å². The number of rotatable bonds is 10. The zero-order valence-electron chi connectivity index (χ0n) is 17.2. The Balaban J connectivity index is 1.38. The fourth-order valence-electron chi connectivity index (χ4n) is 3.30. The van der Waals surface area contributed by atoms with Crippen LogP contribution in [0.15, 0.2) is 82.8 Å². The molecule has 0 aliphatic heterocycles. The molecule has 2 aromatic carbocycles. The summed E-state index contributed by atoms with van der Waals surface area (Å²) < 4.78 is 31.7. The molecule has 3 aromatic rings. The minimum Gasteiger partial charge on any atom is -0.493 e. The first-order valence-corrected chi connectivity index (χ1v) is 12.0. The average Bonchev–Trinajstić information content (AvgIpc) is 3.62. The first kappa shape index (κ1) is 21.2. The van der Waals surface area contributed by atoms with Gasteiger partial charge in [0.15, 0.2) is 0 Å². The standard InChI is InChI=1S/C25H25NO4S/c27-22(11-8-20-3-2-14-26-17-20)15-19-9-12-24(13-10-19)31(28,29)25-5-1-4-23(16-25)30-18-21-6-7-21/h1-5,9-10,12-14,16-17,21H,6-8,11,15,18H2. The zero-order valence-corrected chi connectivity index (χ0v) is 18.1. The summed E-state index contributed by atoms with van der Waals surface area (Å²) in [6.07, 6.45) is 7.19. The SMILES string of the molecule is O=C(CCc1cccnc1)Cc1ccc(S(=O)(=O)c2cccc(OCC3CC3)c2)cc1. The number of ketones is 1. The number of ether oxygens (including phenoxy) is 1. The quantitative estimate of drug-likeness (QED) is 0.470. The van der Waals surface area contributed by atoms with E-state index in [0.717, 1.165) is 11.1 Å². The van der Waals surface area contributed by atoms with Crippen molar-refractivity contribution in [3.8, 4) is 5.75 Å². The van der Waals surface area contributed by atoms with Gasteiger partial charge in [-0.05, 0) is 72.7 Å². The number of sulfone groups is 1. The molecule has 0 saturated heterocycles. The maximum atomic E-state index is 13.0. The van der Waals surface area contributed by atoms with Crippen molar-refractivity contribution in [1.82, 2.24) is 4.98 Å². The van der Waals surface area contributed by atoms with Crippen LogP contribution in [0.1, 0.15) is 30.4 Å². The number of aromatic nitrogens is 1. The fourth-order valence-corrected chi connectivity index (χ4v) is 4.59. The van der Waals surface area contributed by atoms with Gasteiger partial charge in [0.05, 0.1) is 16.4 Å². The molecular weight excluding hydrogens is 410 g/mol. The number of aryl methyl sites for hydroxylation is 1. The minimum absolute atomic E-state index is 0.111. The molecule has 0 unspecified atom stereocenters. The van der Waals surface area contributed by atoms with E-state index in [4.69, 9.17) is 4.74 Å². The molecule has 31 heavy (non-hydrogen) atoms. The number of benzene rings is 2. The highest BCUT2D eigenvalue weighted by Crippen LogP contribution is 2.30. The van der Waals surface area contributed by atoms with Crippen LogP contribution >= 0.6 is 0 Å². The number of carbonyl (C=O) groups is 1. The Morgan fingerprint density at radius 3 is 2.48 bits per heavy atom. The Labute approximate surface area is 183 Å². The number of nitrogens with zero attached hydrogens (tertiary/aromatic N) is 1. The van der Waals surface area contributed by atoms with Crippen molar-refractivity contribution in [3.63, 3.8) is 0 Å². The molecule has 1 aromatic heterocycles. The summed E-state index contributed by atoms with van der Waals surface area (Å²) in [6.45, 7) is 0.632. The third kappa shape index (κ3) is 5.79. The van der Waals surface area contributed by atoms with Crippen LogP contribution in [0.25, 0.3) is 0 Å². The maximum absolute atomic E-state index is 13.0. The van der Waals surface area contributed by atoms with E-state index in [2.05, 4.69) is 4.98 Å². The van der Waals surface area contributed by atoms with Crippen LogP contribution in [0.4, 0.5) is 0 Å². The summed E-state index contributed by atoms with van der Waals surface area (Å²) in [7, 11) is -3.65. The van der Waals surface area contributed by atoms with Crippen LogP contribution in [-0.2, 0) is 27.5 Å². The molecule has 0 spiro atoms. The molecule has 1 saturated carbocycles. The van der Waals surface area contributed by atoms with Gasteiger partial charge in [-0.1, -0.05) is 24.3 Å². The van der Waals surface area contributed by atoms with Gasteiger partial charge in [-0.2, -0.15) is 0 Å². The molecule has 0 atom stereocenters. The van der Waals surface area contributed by atoms with E-state index in [1.165, 1.54) is 12.8 Å². The molecule has 1 aliphatic carbocycles. The van der Waals surface area contributed by atoms with Gasteiger partial charge in [-0.25, -0.2) is 8.42 Å². The second kappa shape index (κ2) is 9.43. The monoisotopic (exact) mass is 435 g/mol. The van der Waals surface area contributed by atoms with E-state index in [0.29, 0.717) is 31.1 Å². The van der Waals surface area contributed by atoms with E-state index >= 15 is 0 Å². The van der Waals surface area contributed by atoms with Crippen molar-refractivity contribution in [2.45, 2.75) is 41.9 Å². The molecular formula is C25H25NO4S. The highest BCUT2D eigenvalue weighted by Gasteiger charge is 2.23. The average molecular weight is 436 g/mol. The van der Waals surface area contributed by atoms with E-state index in [9.17, 15) is 13.2 Å². The first-order valence-electron chi connectivity index (χ1n) is 10.5. The summed E-state index contributed by atoms with van der Waals surface area (Å²) in [6, 6.07) is 17.0. The van der Waals surface area contributed by atoms with Crippen LogP contribution < -0.4 is 4.74 Å². The second-order valence-corrected chi connectivity index (χ2v) is 9.90. The van der Waals surface area contributed by atoms with Gasteiger partial charge in [-0.3, -0.25) is 9.78 Å². The Hall–Kier alpha value is -2.99. The molecule has 160 valence electrons. The van der Waals surface area contributed by atoms with Crippen molar-refractivity contribution in [1.29, 1.82) is 0 Å². The largest absolute Gasteiger partial charge is 0.493 e. The lowest BCUT2D eigenvalue weighted by Crippen LogP contribution is -2.06. The van der Waals surface area contributed by atoms with E-state index in [1.54, 1.807) is 60.9 Å². The summed E-state index contributed by atoms with van der Waals surface area (Å²) in [5.74, 6) is 1.28. The zero-order chi connectivity index (χ0) is 21.7. The topological polar surface area (TPSA) is 73.3 Å². The predicted octanol–water partition coefficient (Wildman–Crippen LogP) is 4.45. The molecule has 4 rings (SSSR count). The number of pyridine rings is 1.